The summed E-state index contributed by atoms with van der Waals surface area (Å²) in [4.78, 5) is 12.2. The molecular formula is C16H14FNO3. The van der Waals surface area contributed by atoms with Gasteiger partial charge in [-0.1, -0.05) is 0 Å². The number of hydrogen-bond acceptors (Lipinski definition) is 3. The van der Waals surface area contributed by atoms with Gasteiger partial charge in [-0.05, 0) is 42.5 Å². The number of fused-ring (bicyclic) bond motifs is 1. The molecule has 1 N–H and O–H groups in total. The van der Waals surface area contributed by atoms with Gasteiger partial charge in [0, 0.05) is 17.7 Å². The number of carbonyl (C=O) groups excluding carboxylic acids is 1. The van der Waals surface area contributed by atoms with Gasteiger partial charge in [0.2, 0.25) is 0 Å². The van der Waals surface area contributed by atoms with Gasteiger partial charge in [0.1, 0.15) is 5.82 Å². The molecule has 0 aliphatic carbocycles. The Bertz CT molecular complexity index is 655. The molecule has 0 spiro atoms. The smallest absolute Gasteiger partial charge is 0.255 e. The van der Waals surface area contributed by atoms with Crippen LogP contribution in [0, 0.1) is 5.82 Å². The average molecular weight is 287 g/mol. The Labute approximate surface area is 121 Å². The first-order chi connectivity index (χ1) is 10.2. The first kappa shape index (κ1) is 13.4. The van der Waals surface area contributed by atoms with E-state index in [1.165, 1.54) is 24.3 Å². The lowest BCUT2D eigenvalue weighted by Gasteiger charge is -2.10. The molecule has 21 heavy (non-hydrogen) atoms. The third kappa shape index (κ3) is 3.13. The maximum absolute atomic E-state index is 12.8. The standard InChI is InChI=1S/C16H14FNO3/c17-12-3-5-13(6-4-12)18-16(19)11-2-7-14-15(10-11)21-9-1-8-20-14/h2-7,10H,1,8-9H2,(H,18,19). The van der Waals surface area contributed by atoms with Crippen LogP contribution in [-0.4, -0.2) is 19.1 Å². The van der Waals surface area contributed by atoms with Crippen LogP contribution in [0.5, 0.6) is 11.5 Å². The molecule has 0 aromatic heterocycles. The van der Waals surface area contributed by atoms with Crippen molar-refractivity contribution in [2.75, 3.05) is 18.5 Å². The van der Waals surface area contributed by atoms with Crippen LogP contribution >= 0.6 is 0 Å². The van der Waals surface area contributed by atoms with Crippen molar-refractivity contribution >= 4 is 11.6 Å². The summed E-state index contributed by atoms with van der Waals surface area (Å²) in [7, 11) is 0. The number of hydrogen-bond donors (Lipinski definition) is 1. The van der Waals surface area contributed by atoms with E-state index in [-0.39, 0.29) is 11.7 Å². The van der Waals surface area contributed by atoms with Gasteiger partial charge >= 0.3 is 0 Å². The molecule has 0 fully saturated rings. The molecule has 1 aliphatic heterocycles. The van der Waals surface area contributed by atoms with Gasteiger partial charge in [0.25, 0.3) is 5.91 Å². The second-order valence-corrected chi connectivity index (χ2v) is 4.67. The molecule has 0 unspecified atom stereocenters. The molecule has 0 atom stereocenters. The molecule has 4 nitrogen and oxygen atoms in total. The van der Waals surface area contributed by atoms with Crippen LogP contribution in [0.3, 0.4) is 0 Å². The van der Waals surface area contributed by atoms with Crippen LogP contribution in [-0.2, 0) is 0 Å². The number of nitrogens with one attached hydrogen (secondary N) is 1. The van der Waals surface area contributed by atoms with E-state index < -0.39 is 0 Å². The Hall–Kier alpha value is -2.56. The molecule has 1 amide bonds. The van der Waals surface area contributed by atoms with E-state index in [0.717, 1.165) is 6.42 Å². The zero-order chi connectivity index (χ0) is 14.7. The topological polar surface area (TPSA) is 47.6 Å². The summed E-state index contributed by atoms with van der Waals surface area (Å²) in [6, 6.07) is 10.7. The average Bonchev–Trinajstić information content (AvgIpc) is 2.74. The fourth-order valence-electron chi connectivity index (χ4n) is 2.04. The highest BCUT2D eigenvalue weighted by Crippen LogP contribution is 2.30. The number of halogens is 1. The second kappa shape index (κ2) is 5.83. The molecule has 2 aromatic carbocycles. The summed E-state index contributed by atoms with van der Waals surface area (Å²) >= 11 is 0. The van der Waals surface area contributed by atoms with Crippen LogP contribution < -0.4 is 14.8 Å². The quantitative estimate of drug-likeness (QED) is 0.922. The lowest BCUT2D eigenvalue weighted by Crippen LogP contribution is -2.12. The van der Waals surface area contributed by atoms with Gasteiger partial charge in [-0.25, -0.2) is 4.39 Å². The van der Waals surface area contributed by atoms with E-state index in [9.17, 15) is 9.18 Å². The first-order valence-corrected chi connectivity index (χ1v) is 6.69. The van der Waals surface area contributed by atoms with Crippen LogP contribution in [0.1, 0.15) is 16.8 Å². The number of anilines is 1. The first-order valence-electron chi connectivity index (χ1n) is 6.69. The number of ether oxygens (including phenoxy) is 2. The minimum absolute atomic E-state index is 0.280. The van der Waals surface area contributed by atoms with Crippen molar-refractivity contribution in [3.63, 3.8) is 0 Å². The van der Waals surface area contributed by atoms with Crippen LogP contribution in [0.15, 0.2) is 42.5 Å². The fraction of sp³-hybridized carbons (Fsp3) is 0.188. The number of rotatable bonds is 2. The number of carbonyl (C=O) groups is 1. The molecule has 2 aromatic rings. The van der Waals surface area contributed by atoms with Gasteiger partial charge in [0.15, 0.2) is 11.5 Å². The zero-order valence-electron chi connectivity index (χ0n) is 11.3. The van der Waals surface area contributed by atoms with Crippen LogP contribution in [0.4, 0.5) is 10.1 Å². The zero-order valence-corrected chi connectivity index (χ0v) is 11.3. The van der Waals surface area contributed by atoms with Gasteiger partial charge in [-0.15, -0.1) is 0 Å². The molecule has 5 heteroatoms. The van der Waals surface area contributed by atoms with Crippen molar-refractivity contribution in [3.8, 4) is 11.5 Å². The Morgan fingerprint density at radius 2 is 1.71 bits per heavy atom. The van der Waals surface area contributed by atoms with Crippen molar-refractivity contribution in [1.82, 2.24) is 0 Å². The number of amides is 1. The molecule has 0 bridgehead atoms. The van der Waals surface area contributed by atoms with Gasteiger partial charge in [-0.2, -0.15) is 0 Å². The molecule has 0 radical (unpaired) electrons. The SMILES string of the molecule is O=C(Nc1ccc(F)cc1)c1ccc2c(c1)OCCCO2. The van der Waals surface area contributed by atoms with Crippen molar-refractivity contribution < 1.29 is 18.7 Å². The second-order valence-electron chi connectivity index (χ2n) is 4.67. The molecule has 108 valence electrons. The largest absolute Gasteiger partial charge is 0.490 e. The fourth-order valence-corrected chi connectivity index (χ4v) is 2.04. The van der Waals surface area contributed by atoms with E-state index in [1.807, 2.05) is 0 Å². The summed E-state index contributed by atoms with van der Waals surface area (Å²) in [5.41, 5.74) is 0.997. The monoisotopic (exact) mass is 287 g/mol. The minimum atomic E-state index is -0.344. The maximum Gasteiger partial charge on any atom is 0.255 e. The van der Waals surface area contributed by atoms with Gasteiger partial charge in [-0.3, -0.25) is 4.79 Å². The highest BCUT2D eigenvalue weighted by molar-refractivity contribution is 6.04. The lowest BCUT2D eigenvalue weighted by molar-refractivity contribution is 0.102. The van der Waals surface area contributed by atoms with E-state index >= 15 is 0 Å². The van der Waals surface area contributed by atoms with Crippen molar-refractivity contribution in [2.45, 2.75) is 6.42 Å². The van der Waals surface area contributed by atoms with E-state index in [1.54, 1.807) is 18.2 Å². The summed E-state index contributed by atoms with van der Waals surface area (Å²) in [6.45, 7) is 1.17. The van der Waals surface area contributed by atoms with Gasteiger partial charge in [0.05, 0.1) is 13.2 Å². The molecule has 0 saturated heterocycles. The third-order valence-corrected chi connectivity index (χ3v) is 3.11. The highest BCUT2D eigenvalue weighted by Gasteiger charge is 2.14. The summed E-state index contributed by atoms with van der Waals surface area (Å²) < 4.78 is 23.9. The Morgan fingerprint density at radius 1 is 1.00 bits per heavy atom. The molecule has 0 saturated carbocycles. The van der Waals surface area contributed by atoms with E-state index in [2.05, 4.69) is 5.32 Å². The van der Waals surface area contributed by atoms with E-state index in [0.29, 0.717) is 36.0 Å². The molecule has 3 rings (SSSR count). The molecule has 1 aliphatic rings. The Balaban J connectivity index is 1.78. The van der Waals surface area contributed by atoms with E-state index in [4.69, 9.17) is 9.47 Å². The summed E-state index contributed by atoms with van der Waals surface area (Å²) in [6.07, 6.45) is 0.811. The van der Waals surface area contributed by atoms with Crippen LogP contribution in [0.2, 0.25) is 0 Å². The summed E-state index contributed by atoms with van der Waals surface area (Å²) in [5.74, 6) is 0.589. The normalized spacial score (nSPS) is 13.4. The molecular weight excluding hydrogens is 273 g/mol. The highest BCUT2D eigenvalue weighted by atomic mass is 19.1. The Kier molecular flexibility index (Phi) is 3.73. The third-order valence-electron chi connectivity index (χ3n) is 3.11. The Morgan fingerprint density at radius 3 is 2.48 bits per heavy atom. The minimum Gasteiger partial charge on any atom is -0.490 e. The van der Waals surface area contributed by atoms with Gasteiger partial charge < -0.3 is 14.8 Å². The predicted octanol–water partition coefficient (Wildman–Crippen LogP) is 3.24. The predicted molar refractivity (Wildman–Crippen MR) is 76.4 cm³/mol. The van der Waals surface area contributed by atoms with Crippen molar-refractivity contribution in [1.29, 1.82) is 0 Å². The van der Waals surface area contributed by atoms with Crippen LogP contribution in [0.25, 0.3) is 0 Å². The van der Waals surface area contributed by atoms with Crippen molar-refractivity contribution in [3.05, 3.63) is 53.8 Å². The van der Waals surface area contributed by atoms with Crippen molar-refractivity contribution in [2.24, 2.45) is 0 Å². The number of benzene rings is 2. The molecule has 1 heterocycles. The maximum atomic E-state index is 12.8. The lowest BCUT2D eigenvalue weighted by atomic mass is 10.2. The summed E-state index contributed by atoms with van der Waals surface area (Å²) in [5, 5.41) is 2.71.